The Hall–Kier alpha value is -1.52. The van der Waals surface area contributed by atoms with E-state index in [0.29, 0.717) is 0 Å². The summed E-state index contributed by atoms with van der Waals surface area (Å²) in [7, 11) is 0. The summed E-state index contributed by atoms with van der Waals surface area (Å²) in [4.78, 5) is 16.9. The third kappa shape index (κ3) is 2.91. The second-order valence-corrected chi connectivity index (χ2v) is 4.17. The van der Waals surface area contributed by atoms with E-state index in [-0.39, 0.29) is 5.82 Å². The van der Waals surface area contributed by atoms with Crippen molar-refractivity contribution in [2.24, 2.45) is 0 Å². The average molecular weight is 273 g/mol. The predicted molar refractivity (Wildman–Crippen MR) is 62.2 cm³/mol. The number of hydrogen-bond donors (Lipinski definition) is 6. The lowest BCUT2D eigenvalue weighted by Crippen LogP contribution is -2.60. The highest BCUT2D eigenvalue weighted by molar-refractivity contribution is 5.33. The first kappa shape index (κ1) is 13.9. The predicted octanol–water partition coefficient (Wildman–Crippen LogP) is -3.02. The molecule has 0 bridgehead atoms. The van der Waals surface area contributed by atoms with Gasteiger partial charge in [0.25, 0.3) is 0 Å². The molecule has 106 valence electrons. The summed E-state index contributed by atoms with van der Waals surface area (Å²) >= 11 is 0. The minimum absolute atomic E-state index is 0.132. The zero-order chi connectivity index (χ0) is 14.0. The molecule has 9 nitrogen and oxygen atoms in total. The summed E-state index contributed by atoms with van der Waals surface area (Å²) in [6.07, 6.45) is -5.11. The molecule has 1 aliphatic heterocycles. The molecule has 2 heterocycles. The van der Waals surface area contributed by atoms with Crippen LogP contribution in [0.5, 0.6) is 0 Å². The van der Waals surface area contributed by atoms with E-state index < -0.39 is 42.9 Å². The Labute approximate surface area is 107 Å². The van der Waals surface area contributed by atoms with Gasteiger partial charge < -0.3 is 35.5 Å². The van der Waals surface area contributed by atoms with Gasteiger partial charge >= 0.3 is 5.69 Å². The highest BCUT2D eigenvalue weighted by Crippen LogP contribution is 2.21. The Kier molecular flexibility index (Phi) is 4.12. The molecule has 1 aromatic heterocycles. The number of H-pyrrole nitrogens is 1. The topological polar surface area (TPSA) is 148 Å². The van der Waals surface area contributed by atoms with Gasteiger partial charge in [0, 0.05) is 6.20 Å². The number of anilines is 1. The van der Waals surface area contributed by atoms with Crippen LogP contribution in [0.15, 0.2) is 17.1 Å². The number of aromatic nitrogens is 2. The van der Waals surface area contributed by atoms with Crippen molar-refractivity contribution < 1.29 is 25.2 Å². The average Bonchev–Trinajstić information content (AvgIpc) is 2.39. The van der Waals surface area contributed by atoms with E-state index in [0.717, 1.165) is 0 Å². The minimum Gasteiger partial charge on any atom is -0.394 e. The first-order chi connectivity index (χ1) is 9.02. The summed E-state index contributed by atoms with van der Waals surface area (Å²) in [5.74, 6) is 0.132. The number of aliphatic hydroxyl groups is 4. The second-order valence-electron chi connectivity index (χ2n) is 4.17. The van der Waals surface area contributed by atoms with E-state index in [4.69, 9.17) is 9.84 Å². The summed E-state index contributed by atoms with van der Waals surface area (Å²) in [6, 6.07) is 1.43. The maximum Gasteiger partial charge on any atom is 0.346 e. The number of rotatable bonds is 3. The summed E-state index contributed by atoms with van der Waals surface area (Å²) in [5, 5.41) is 40.6. The third-order valence-electron chi connectivity index (χ3n) is 2.85. The molecule has 1 aromatic rings. The van der Waals surface area contributed by atoms with Gasteiger partial charge in [-0.2, -0.15) is 4.98 Å². The maximum atomic E-state index is 11.0. The van der Waals surface area contributed by atoms with E-state index in [1.54, 1.807) is 0 Å². The van der Waals surface area contributed by atoms with Gasteiger partial charge in [-0.15, -0.1) is 0 Å². The van der Waals surface area contributed by atoms with Gasteiger partial charge in [0.2, 0.25) is 0 Å². The standard InChI is InChI=1S/C10H15N3O6/c14-3-4-6(15)7(16)8(17)9(19-4)12-5-1-2-11-10(18)13-5/h1-2,4,6-9,14-17H,3H2,(H2,11,12,13,18)/t4-,6+,7+,8-,9?/m1/s1. The molecule has 9 heteroatoms. The summed E-state index contributed by atoms with van der Waals surface area (Å²) in [6.45, 7) is -0.522. The van der Waals surface area contributed by atoms with Crippen molar-refractivity contribution in [1.82, 2.24) is 9.97 Å². The van der Waals surface area contributed by atoms with Crippen LogP contribution in [-0.2, 0) is 4.74 Å². The molecule has 0 radical (unpaired) electrons. The molecule has 1 saturated heterocycles. The zero-order valence-electron chi connectivity index (χ0n) is 9.80. The van der Waals surface area contributed by atoms with Crippen LogP contribution in [-0.4, -0.2) is 67.6 Å². The SMILES string of the molecule is O=c1nc(NC2O[C@H](CO)[C@H](O)[C@H](O)[C@H]2O)cc[nH]1. The van der Waals surface area contributed by atoms with Gasteiger partial charge in [-0.05, 0) is 6.07 Å². The first-order valence-electron chi connectivity index (χ1n) is 5.65. The van der Waals surface area contributed by atoms with E-state index in [9.17, 15) is 20.1 Å². The van der Waals surface area contributed by atoms with E-state index in [2.05, 4.69) is 15.3 Å². The van der Waals surface area contributed by atoms with Gasteiger partial charge in [-0.1, -0.05) is 0 Å². The van der Waals surface area contributed by atoms with Crippen molar-refractivity contribution in [3.8, 4) is 0 Å². The highest BCUT2D eigenvalue weighted by atomic mass is 16.6. The summed E-state index contributed by atoms with van der Waals surface area (Å²) in [5.41, 5.74) is -0.588. The van der Waals surface area contributed by atoms with Crippen LogP contribution < -0.4 is 11.0 Å². The Morgan fingerprint density at radius 2 is 2.05 bits per heavy atom. The fraction of sp³-hybridized carbons (Fsp3) is 0.600. The van der Waals surface area contributed by atoms with Crippen LogP contribution >= 0.6 is 0 Å². The molecule has 0 amide bonds. The molecule has 5 atom stereocenters. The van der Waals surface area contributed by atoms with Gasteiger partial charge in [0.1, 0.15) is 30.2 Å². The molecule has 1 aliphatic rings. The number of nitrogens with one attached hydrogen (secondary N) is 2. The molecular formula is C10H15N3O6. The fourth-order valence-electron chi connectivity index (χ4n) is 1.82. The molecule has 1 fully saturated rings. The number of ether oxygens (including phenoxy) is 1. The van der Waals surface area contributed by atoms with Crippen molar-refractivity contribution in [3.05, 3.63) is 22.7 Å². The van der Waals surface area contributed by atoms with E-state index >= 15 is 0 Å². The molecule has 0 aliphatic carbocycles. The van der Waals surface area contributed by atoms with Crippen LogP contribution in [0.3, 0.4) is 0 Å². The van der Waals surface area contributed by atoms with E-state index in [1.165, 1.54) is 12.3 Å². The third-order valence-corrected chi connectivity index (χ3v) is 2.85. The zero-order valence-corrected chi connectivity index (χ0v) is 9.80. The molecule has 19 heavy (non-hydrogen) atoms. The lowest BCUT2D eigenvalue weighted by molar-refractivity contribution is -0.221. The Morgan fingerprint density at radius 3 is 2.68 bits per heavy atom. The normalized spacial score (nSPS) is 35.1. The number of nitrogens with zero attached hydrogens (tertiary/aromatic N) is 1. The largest absolute Gasteiger partial charge is 0.394 e. The molecular weight excluding hydrogens is 258 g/mol. The van der Waals surface area contributed by atoms with Crippen molar-refractivity contribution in [3.63, 3.8) is 0 Å². The van der Waals surface area contributed by atoms with Gasteiger partial charge in [-0.25, -0.2) is 4.79 Å². The van der Waals surface area contributed by atoms with Crippen molar-refractivity contribution >= 4 is 5.82 Å². The first-order valence-corrected chi connectivity index (χ1v) is 5.65. The van der Waals surface area contributed by atoms with Gasteiger partial charge in [0.05, 0.1) is 6.61 Å². The van der Waals surface area contributed by atoms with Crippen LogP contribution in [0.25, 0.3) is 0 Å². The molecule has 0 spiro atoms. The van der Waals surface area contributed by atoms with Crippen molar-refractivity contribution in [2.75, 3.05) is 11.9 Å². The molecule has 1 unspecified atom stereocenters. The van der Waals surface area contributed by atoms with Gasteiger partial charge in [-0.3, -0.25) is 0 Å². The van der Waals surface area contributed by atoms with Crippen LogP contribution in [0.1, 0.15) is 0 Å². The lowest BCUT2D eigenvalue weighted by Gasteiger charge is -2.40. The number of hydrogen-bond acceptors (Lipinski definition) is 8. The number of aromatic amines is 1. The van der Waals surface area contributed by atoms with Crippen LogP contribution in [0.2, 0.25) is 0 Å². The van der Waals surface area contributed by atoms with Crippen molar-refractivity contribution in [2.45, 2.75) is 30.6 Å². The maximum absolute atomic E-state index is 11.0. The Morgan fingerprint density at radius 1 is 1.32 bits per heavy atom. The van der Waals surface area contributed by atoms with E-state index in [1.807, 2.05) is 0 Å². The fourth-order valence-corrected chi connectivity index (χ4v) is 1.82. The second kappa shape index (κ2) is 5.63. The van der Waals surface area contributed by atoms with Crippen molar-refractivity contribution in [1.29, 1.82) is 0 Å². The summed E-state index contributed by atoms with van der Waals surface area (Å²) < 4.78 is 5.20. The molecule has 0 saturated carbocycles. The monoisotopic (exact) mass is 273 g/mol. The molecule has 0 aromatic carbocycles. The number of aliphatic hydroxyl groups excluding tert-OH is 4. The smallest absolute Gasteiger partial charge is 0.346 e. The quantitative estimate of drug-likeness (QED) is 0.341. The Balaban J connectivity index is 2.13. The lowest BCUT2D eigenvalue weighted by atomic mass is 9.98. The highest BCUT2D eigenvalue weighted by Gasteiger charge is 2.43. The van der Waals surface area contributed by atoms with Crippen LogP contribution in [0.4, 0.5) is 5.82 Å². The molecule has 6 N–H and O–H groups in total. The van der Waals surface area contributed by atoms with Crippen LogP contribution in [0, 0.1) is 0 Å². The molecule has 2 rings (SSSR count). The minimum atomic E-state index is -1.48. The Bertz CT molecular complexity index is 478. The van der Waals surface area contributed by atoms with Gasteiger partial charge in [0.15, 0.2) is 6.23 Å².